The Morgan fingerprint density at radius 1 is 1.33 bits per heavy atom. The van der Waals surface area contributed by atoms with Crippen molar-refractivity contribution in [1.29, 1.82) is 0 Å². The maximum atomic E-state index is 12.2. The number of carbonyl (C=O) groups excluding carboxylic acids is 1. The van der Waals surface area contributed by atoms with Crippen molar-refractivity contribution >= 4 is 6.09 Å². The third-order valence-electron chi connectivity index (χ3n) is 3.46. The molecule has 21 heavy (non-hydrogen) atoms. The summed E-state index contributed by atoms with van der Waals surface area (Å²) >= 11 is 0. The van der Waals surface area contributed by atoms with Crippen LogP contribution in [0.15, 0.2) is 30.3 Å². The molecule has 0 spiro atoms. The Morgan fingerprint density at radius 3 is 2.71 bits per heavy atom. The number of hydrogen-bond acceptors (Lipinski definition) is 3. The van der Waals surface area contributed by atoms with Crippen molar-refractivity contribution < 1.29 is 9.53 Å². The van der Waals surface area contributed by atoms with Crippen molar-refractivity contribution in [3.8, 4) is 0 Å². The molecule has 0 aromatic heterocycles. The lowest BCUT2D eigenvalue weighted by Gasteiger charge is -2.28. The number of rotatable bonds is 2. The van der Waals surface area contributed by atoms with Crippen molar-refractivity contribution in [3.63, 3.8) is 0 Å². The Balaban J connectivity index is 1.96. The van der Waals surface area contributed by atoms with Gasteiger partial charge in [-0.3, -0.25) is 0 Å². The van der Waals surface area contributed by atoms with Crippen LogP contribution in [-0.2, 0) is 11.2 Å². The van der Waals surface area contributed by atoms with E-state index in [0.717, 1.165) is 25.9 Å². The molecule has 0 aliphatic carbocycles. The summed E-state index contributed by atoms with van der Waals surface area (Å²) in [6.45, 7) is 8.11. The zero-order chi connectivity index (χ0) is 15.3. The van der Waals surface area contributed by atoms with Crippen molar-refractivity contribution in [2.24, 2.45) is 0 Å². The van der Waals surface area contributed by atoms with Gasteiger partial charge in [-0.05, 0) is 45.7 Å². The zero-order valence-corrected chi connectivity index (χ0v) is 13.3. The second-order valence-corrected chi connectivity index (χ2v) is 6.62. The average Bonchev–Trinajstić information content (AvgIpc) is 2.64. The molecule has 1 heterocycles. The van der Waals surface area contributed by atoms with Gasteiger partial charge in [0.2, 0.25) is 0 Å². The van der Waals surface area contributed by atoms with Crippen LogP contribution >= 0.6 is 0 Å². The highest BCUT2D eigenvalue weighted by molar-refractivity contribution is 5.68. The molecule has 4 nitrogen and oxygen atoms in total. The van der Waals surface area contributed by atoms with Gasteiger partial charge >= 0.3 is 6.09 Å². The molecule has 1 aromatic carbocycles. The summed E-state index contributed by atoms with van der Waals surface area (Å²) in [7, 11) is 0. The predicted molar refractivity (Wildman–Crippen MR) is 84.4 cm³/mol. The fraction of sp³-hybridized carbons (Fsp3) is 0.588. The molecule has 0 radical (unpaired) electrons. The van der Waals surface area contributed by atoms with Crippen molar-refractivity contribution in [2.75, 3.05) is 19.6 Å². The molecule has 1 aliphatic rings. The van der Waals surface area contributed by atoms with Crippen LogP contribution in [0.2, 0.25) is 0 Å². The molecule has 116 valence electrons. The molecule has 0 saturated carbocycles. The minimum atomic E-state index is -0.439. The first kappa shape index (κ1) is 15.8. The number of carbonyl (C=O) groups is 1. The van der Waals surface area contributed by atoms with Gasteiger partial charge < -0.3 is 15.0 Å². The SMILES string of the molecule is CC(C)(C)OC(=O)N1CCCNC(Cc2ccccc2)C1. The van der Waals surface area contributed by atoms with E-state index in [9.17, 15) is 4.79 Å². The van der Waals surface area contributed by atoms with E-state index in [4.69, 9.17) is 4.74 Å². The first-order valence-corrected chi connectivity index (χ1v) is 7.69. The Labute approximate surface area is 127 Å². The fourth-order valence-corrected chi connectivity index (χ4v) is 2.53. The van der Waals surface area contributed by atoms with Crippen LogP contribution in [0.4, 0.5) is 4.79 Å². The number of nitrogens with one attached hydrogen (secondary N) is 1. The largest absolute Gasteiger partial charge is 0.444 e. The normalized spacial score (nSPS) is 20.0. The molecule has 1 atom stereocenters. The smallest absolute Gasteiger partial charge is 0.410 e. The third kappa shape index (κ3) is 5.38. The van der Waals surface area contributed by atoms with Gasteiger partial charge in [0.1, 0.15) is 5.60 Å². The summed E-state index contributed by atoms with van der Waals surface area (Å²) in [5, 5.41) is 3.53. The Hall–Kier alpha value is -1.55. The predicted octanol–water partition coefficient (Wildman–Crippen LogP) is 2.83. The summed E-state index contributed by atoms with van der Waals surface area (Å²) in [5.74, 6) is 0. The minimum absolute atomic E-state index is 0.204. The molecule has 0 bridgehead atoms. The van der Waals surface area contributed by atoms with Crippen LogP contribution in [0.3, 0.4) is 0 Å². The quantitative estimate of drug-likeness (QED) is 0.910. The molecule has 1 amide bonds. The Bertz CT molecular complexity index is 454. The number of amides is 1. The van der Waals surface area contributed by atoms with Gasteiger partial charge in [0, 0.05) is 19.1 Å². The highest BCUT2D eigenvalue weighted by Gasteiger charge is 2.26. The van der Waals surface area contributed by atoms with E-state index in [1.807, 2.05) is 31.7 Å². The van der Waals surface area contributed by atoms with Crippen molar-refractivity contribution in [1.82, 2.24) is 10.2 Å². The van der Waals surface area contributed by atoms with Gasteiger partial charge in [-0.2, -0.15) is 0 Å². The molecular weight excluding hydrogens is 264 g/mol. The van der Waals surface area contributed by atoms with Crippen LogP contribution in [0, 0.1) is 0 Å². The van der Waals surface area contributed by atoms with E-state index in [0.29, 0.717) is 6.54 Å². The summed E-state index contributed by atoms with van der Waals surface area (Å²) in [4.78, 5) is 14.1. The number of nitrogens with zero attached hydrogens (tertiary/aromatic N) is 1. The van der Waals surface area contributed by atoms with Gasteiger partial charge in [-0.1, -0.05) is 30.3 Å². The summed E-state index contributed by atoms with van der Waals surface area (Å²) in [6.07, 6.45) is 1.69. The summed E-state index contributed by atoms with van der Waals surface area (Å²) in [6, 6.07) is 10.7. The average molecular weight is 290 g/mol. The van der Waals surface area contributed by atoms with E-state index in [1.54, 1.807) is 0 Å². The van der Waals surface area contributed by atoms with Gasteiger partial charge in [0.15, 0.2) is 0 Å². The zero-order valence-electron chi connectivity index (χ0n) is 13.3. The van der Waals surface area contributed by atoms with E-state index in [2.05, 4.69) is 29.6 Å². The molecule has 1 aliphatic heterocycles. The minimum Gasteiger partial charge on any atom is -0.444 e. The standard InChI is InChI=1S/C17H26N2O2/c1-17(2,3)21-16(20)19-11-7-10-18-15(13-19)12-14-8-5-4-6-9-14/h4-6,8-9,15,18H,7,10-13H2,1-3H3. The lowest BCUT2D eigenvalue weighted by molar-refractivity contribution is 0.0247. The van der Waals surface area contributed by atoms with Gasteiger partial charge in [-0.25, -0.2) is 4.79 Å². The van der Waals surface area contributed by atoms with E-state index < -0.39 is 5.60 Å². The van der Waals surface area contributed by atoms with Crippen LogP contribution in [0.5, 0.6) is 0 Å². The highest BCUT2D eigenvalue weighted by Crippen LogP contribution is 2.13. The second kappa shape index (κ2) is 6.94. The number of hydrogen-bond donors (Lipinski definition) is 1. The molecular formula is C17H26N2O2. The number of benzene rings is 1. The van der Waals surface area contributed by atoms with E-state index in [1.165, 1.54) is 5.56 Å². The highest BCUT2D eigenvalue weighted by atomic mass is 16.6. The van der Waals surface area contributed by atoms with Crippen LogP contribution < -0.4 is 5.32 Å². The van der Waals surface area contributed by atoms with Crippen molar-refractivity contribution in [2.45, 2.75) is 45.3 Å². The van der Waals surface area contributed by atoms with E-state index in [-0.39, 0.29) is 12.1 Å². The summed E-state index contributed by atoms with van der Waals surface area (Å²) in [5.41, 5.74) is 0.854. The van der Waals surface area contributed by atoms with Gasteiger partial charge in [-0.15, -0.1) is 0 Å². The van der Waals surface area contributed by atoms with Crippen molar-refractivity contribution in [3.05, 3.63) is 35.9 Å². The van der Waals surface area contributed by atoms with Gasteiger partial charge in [0.05, 0.1) is 0 Å². The van der Waals surface area contributed by atoms with Gasteiger partial charge in [0.25, 0.3) is 0 Å². The molecule has 2 rings (SSSR count). The maximum absolute atomic E-state index is 12.2. The Kier molecular flexibility index (Phi) is 5.23. The first-order valence-electron chi connectivity index (χ1n) is 7.69. The van der Waals surface area contributed by atoms with Crippen LogP contribution in [0.1, 0.15) is 32.8 Å². The van der Waals surface area contributed by atoms with E-state index >= 15 is 0 Å². The molecule has 1 saturated heterocycles. The summed E-state index contributed by atoms with van der Waals surface area (Å²) < 4.78 is 5.49. The molecule has 1 aromatic rings. The molecule has 4 heteroatoms. The fourth-order valence-electron chi connectivity index (χ4n) is 2.53. The first-order chi connectivity index (χ1) is 9.94. The molecule has 1 N–H and O–H groups in total. The third-order valence-corrected chi connectivity index (χ3v) is 3.46. The Morgan fingerprint density at radius 2 is 2.05 bits per heavy atom. The second-order valence-electron chi connectivity index (χ2n) is 6.62. The molecule has 1 fully saturated rings. The molecule has 1 unspecified atom stereocenters. The monoisotopic (exact) mass is 290 g/mol. The van der Waals surface area contributed by atoms with Crippen LogP contribution in [0.25, 0.3) is 0 Å². The van der Waals surface area contributed by atoms with Crippen LogP contribution in [-0.4, -0.2) is 42.3 Å². The lowest BCUT2D eigenvalue weighted by atomic mass is 10.1. The maximum Gasteiger partial charge on any atom is 0.410 e. The number of ether oxygens (including phenoxy) is 1. The topological polar surface area (TPSA) is 41.6 Å². The lowest BCUT2D eigenvalue weighted by Crippen LogP contribution is -2.43.